The summed E-state index contributed by atoms with van der Waals surface area (Å²) in [5, 5.41) is 18.3. The molecule has 1 aliphatic heterocycles. The molecule has 11 nitrogen and oxygen atoms in total. The van der Waals surface area contributed by atoms with Crippen LogP contribution < -0.4 is 4.74 Å². The van der Waals surface area contributed by atoms with E-state index in [1.165, 1.54) is 12.3 Å². The number of carboxylic acids is 2. The summed E-state index contributed by atoms with van der Waals surface area (Å²) in [6, 6.07) is 4.84. The summed E-state index contributed by atoms with van der Waals surface area (Å²) in [5.41, 5.74) is 2.03. The van der Waals surface area contributed by atoms with Gasteiger partial charge in [-0.05, 0) is 19.1 Å². The zero-order valence-electron chi connectivity index (χ0n) is 20.5. The third-order valence-electron chi connectivity index (χ3n) is 4.88. The predicted octanol–water partition coefficient (Wildman–Crippen LogP) is 3.69. The lowest BCUT2D eigenvalue weighted by molar-refractivity contribution is -0.193. The first-order valence-electron chi connectivity index (χ1n) is 11.0. The minimum atomic E-state index is -5.08. The Balaban J connectivity index is 0.000000333. The molecular formula is C22H22F7N5O6. The van der Waals surface area contributed by atoms with Gasteiger partial charge in [0.1, 0.15) is 5.76 Å². The fourth-order valence-electron chi connectivity index (χ4n) is 3.26. The number of hydrogen-bond acceptors (Lipinski definition) is 8. The predicted molar refractivity (Wildman–Crippen MR) is 118 cm³/mol. The first-order valence-corrected chi connectivity index (χ1v) is 11.0. The first kappa shape index (κ1) is 32.0. The lowest BCUT2D eigenvalue weighted by Gasteiger charge is -2.23. The quantitative estimate of drug-likeness (QED) is 0.426. The van der Waals surface area contributed by atoms with Crippen LogP contribution in [0.25, 0.3) is 0 Å². The molecule has 1 aliphatic rings. The monoisotopic (exact) mass is 585 g/mol. The molecule has 4 rings (SSSR count). The number of carbonyl (C=O) groups is 2. The Morgan fingerprint density at radius 3 is 2.27 bits per heavy atom. The molecule has 0 amide bonds. The van der Waals surface area contributed by atoms with Crippen LogP contribution in [0.2, 0.25) is 0 Å². The number of pyridine rings is 1. The van der Waals surface area contributed by atoms with Crippen molar-refractivity contribution in [1.82, 2.24) is 24.6 Å². The van der Waals surface area contributed by atoms with E-state index in [1.807, 2.05) is 25.5 Å². The number of ether oxygens (including phenoxy) is 1. The number of hydrogen-bond donors (Lipinski definition) is 2. The van der Waals surface area contributed by atoms with Gasteiger partial charge in [0.2, 0.25) is 5.88 Å². The number of rotatable bonds is 5. The van der Waals surface area contributed by atoms with Gasteiger partial charge in [-0.1, -0.05) is 5.16 Å². The molecule has 18 heteroatoms. The molecule has 0 saturated heterocycles. The van der Waals surface area contributed by atoms with Gasteiger partial charge in [0.25, 0.3) is 0 Å². The van der Waals surface area contributed by atoms with Crippen molar-refractivity contribution in [2.24, 2.45) is 5.92 Å². The summed E-state index contributed by atoms with van der Waals surface area (Å²) >= 11 is 0. The highest BCUT2D eigenvalue weighted by molar-refractivity contribution is 5.73. The number of aromatic nitrogens is 4. The maximum Gasteiger partial charge on any atom is 0.490 e. The van der Waals surface area contributed by atoms with Gasteiger partial charge in [-0.15, -0.1) is 0 Å². The van der Waals surface area contributed by atoms with E-state index < -0.39 is 30.1 Å². The summed E-state index contributed by atoms with van der Waals surface area (Å²) in [6.07, 6.45) is -4.94. The number of aliphatic carboxylic acids is 2. The zero-order chi connectivity index (χ0) is 30.1. The molecule has 3 aromatic heterocycles. The van der Waals surface area contributed by atoms with Crippen LogP contribution in [-0.4, -0.2) is 72.2 Å². The summed E-state index contributed by atoms with van der Waals surface area (Å²) in [5.74, 6) is -4.95. The Kier molecular flexibility index (Phi) is 11.0. The number of alkyl halides is 6. The van der Waals surface area contributed by atoms with Crippen molar-refractivity contribution >= 4 is 11.9 Å². The smallest absolute Gasteiger partial charge is 0.475 e. The molecule has 1 unspecified atom stereocenters. The minimum absolute atomic E-state index is 0.0428. The van der Waals surface area contributed by atoms with E-state index >= 15 is 0 Å². The van der Waals surface area contributed by atoms with Crippen molar-refractivity contribution in [2.75, 3.05) is 13.2 Å². The van der Waals surface area contributed by atoms with Gasteiger partial charge < -0.3 is 24.0 Å². The normalized spacial score (nSPS) is 15.4. The van der Waals surface area contributed by atoms with E-state index in [1.54, 1.807) is 6.07 Å². The van der Waals surface area contributed by atoms with Crippen molar-refractivity contribution in [3.63, 3.8) is 0 Å². The van der Waals surface area contributed by atoms with Gasteiger partial charge in [0, 0.05) is 50.6 Å². The summed E-state index contributed by atoms with van der Waals surface area (Å²) in [6.45, 7) is 5.25. The van der Waals surface area contributed by atoms with E-state index in [0.717, 1.165) is 36.8 Å². The topological polar surface area (TPSA) is 144 Å². The highest BCUT2D eigenvalue weighted by Gasteiger charge is 2.38. The average molecular weight is 585 g/mol. The minimum Gasteiger partial charge on any atom is -0.475 e. The van der Waals surface area contributed by atoms with Crippen molar-refractivity contribution in [3.8, 4) is 5.88 Å². The molecule has 0 aliphatic carbocycles. The van der Waals surface area contributed by atoms with Gasteiger partial charge >= 0.3 is 24.3 Å². The van der Waals surface area contributed by atoms with E-state index in [9.17, 15) is 30.7 Å². The van der Waals surface area contributed by atoms with E-state index in [-0.39, 0.29) is 11.8 Å². The Morgan fingerprint density at radius 2 is 1.75 bits per heavy atom. The molecule has 0 radical (unpaired) electrons. The molecule has 40 heavy (non-hydrogen) atoms. The molecule has 0 aromatic carbocycles. The van der Waals surface area contributed by atoms with Crippen LogP contribution in [-0.2, 0) is 29.2 Å². The van der Waals surface area contributed by atoms with Gasteiger partial charge in [-0.2, -0.15) is 26.3 Å². The number of fused-ring (bicyclic) bond motifs is 1. The summed E-state index contributed by atoms with van der Waals surface area (Å²) in [4.78, 5) is 28.3. The molecule has 0 bridgehead atoms. The third-order valence-corrected chi connectivity index (χ3v) is 4.88. The molecule has 2 N–H and O–H groups in total. The Bertz CT molecular complexity index is 1240. The lowest BCUT2D eigenvalue weighted by Crippen LogP contribution is -2.31. The van der Waals surface area contributed by atoms with Gasteiger partial charge in [-0.25, -0.2) is 23.9 Å². The molecule has 0 fully saturated rings. The Labute approximate surface area is 220 Å². The molecule has 1 atom stereocenters. The fraction of sp³-hybridized carbons (Fsp3) is 0.409. The standard InChI is InChI=1S/C18H20FN5O2.2C2HF3O2/c1-13-5-15(22-26-13)9-23-7-14(8-24-12-20-6-16(24)10-23)11-25-18-17(19)3-2-4-21-18;2*3-2(4,5)1(6)7/h2-6,12,14H,7-11H2,1H3;2*(H,6,7). The molecular weight excluding hydrogens is 563 g/mol. The van der Waals surface area contributed by atoms with Gasteiger partial charge in [0.05, 0.1) is 24.3 Å². The molecule has 0 saturated carbocycles. The second-order valence-corrected chi connectivity index (χ2v) is 8.21. The van der Waals surface area contributed by atoms with Crippen molar-refractivity contribution < 1.29 is 59.8 Å². The highest BCUT2D eigenvalue weighted by Crippen LogP contribution is 2.20. The molecule has 220 valence electrons. The number of halogens is 7. The van der Waals surface area contributed by atoms with Crippen molar-refractivity contribution in [2.45, 2.75) is 38.9 Å². The van der Waals surface area contributed by atoms with Crippen LogP contribution in [0.15, 0.2) is 41.4 Å². The third kappa shape index (κ3) is 10.5. The summed E-state index contributed by atoms with van der Waals surface area (Å²) in [7, 11) is 0. The van der Waals surface area contributed by atoms with Crippen LogP contribution in [0.4, 0.5) is 30.7 Å². The maximum absolute atomic E-state index is 13.7. The SMILES string of the molecule is Cc1cc(CN2Cc3cncn3CC(COc3ncccc3F)C2)no1.O=C(O)C(F)(F)F.O=C(O)C(F)(F)F. The van der Waals surface area contributed by atoms with Crippen LogP contribution in [0, 0.1) is 18.7 Å². The molecule has 3 aromatic rings. The largest absolute Gasteiger partial charge is 0.490 e. The highest BCUT2D eigenvalue weighted by atomic mass is 19.4. The fourth-order valence-corrected chi connectivity index (χ4v) is 3.26. The average Bonchev–Trinajstić information content (AvgIpc) is 3.42. The zero-order valence-corrected chi connectivity index (χ0v) is 20.5. The van der Waals surface area contributed by atoms with Crippen molar-refractivity contribution in [1.29, 1.82) is 0 Å². The van der Waals surface area contributed by atoms with Crippen LogP contribution in [0.3, 0.4) is 0 Å². The Hall–Kier alpha value is -4.22. The second kappa shape index (κ2) is 13.7. The van der Waals surface area contributed by atoms with E-state index in [4.69, 9.17) is 29.1 Å². The van der Waals surface area contributed by atoms with Gasteiger partial charge in [-0.3, -0.25) is 4.90 Å². The Morgan fingerprint density at radius 1 is 1.12 bits per heavy atom. The van der Waals surface area contributed by atoms with Crippen molar-refractivity contribution in [3.05, 3.63) is 59.9 Å². The second-order valence-electron chi connectivity index (χ2n) is 8.21. The number of nitrogens with zero attached hydrogens (tertiary/aromatic N) is 5. The van der Waals surface area contributed by atoms with E-state index in [2.05, 4.69) is 24.6 Å². The summed E-state index contributed by atoms with van der Waals surface area (Å²) < 4.78 is 90.2. The number of imidazole rings is 1. The van der Waals surface area contributed by atoms with Crippen LogP contribution >= 0.6 is 0 Å². The molecule has 4 heterocycles. The van der Waals surface area contributed by atoms with E-state index in [0.29, 0.717) is 13.2 Å². The van der Waals surface area contributed by atoms with Crippen LogP contribution in [0.1, 0.15) is 17.1 Å². The van der Waals surface area contributed by atoms with Crippen LogP contribution in [0.5, 0.6) is 5.88 Å². The molecule has 0 spiro atoms. The lowest BCUT2D eigenvalue weighted by atomic mass is 10.1. The number of carboxylic acid groups (broad SMARTS) is 2. The first-order chi connectivity index (χ1) is 18.6. The maximum atomic E-state index is 13.7. The number of aryl methyl sites for hydroxylation is 1. The van der Waals surface area contributed by atoms with Gasteiger partial charge in [0.15, 0.2) is 5.82 Å².